The Kier molecular flexibility index (Phi) is 5.01. The van der Waals surface area contributed by atoms with Crippen LogP contribution in [-0.2, 0) is 6.42 Å². The SMILES string of the molecule is CN1CC(Oc2ccc(CCN3CCNCC3)cc2Cl)C1. The molecule has 1 aromatic rings. The Bertz CT molecular complexity index is 471. The van der Waals surface area contributed by atoms with Gasteiger partial charge in [0.15, 0.2) is 0 Å². The summed E-state index contributed by atoms with van der Waals surface area (Å²) in [4.78, 5) is 4.74. The highest BCUT2D eigenvalue weighted by atomic mass is 35.5. The number of rotatable bonds is 5. The van der Waals surface area contributed by atoms with Crippen molar-refractivity contribution in [2.45, 2.75) is 12.5 Å². The van der Waals surface area contributed by atoms with Gasteiger partial charge in [-0.3, -0.25) is 4.90 Å². The minimum absolute atomic E-state index is 0.291. The summed E-state index contributed by atoms with van der Waals surface area (Å²) >= 11 is 6.35. The predicted molar refractivity (Wildman–Crippen MR) is 86.4 cm³/mol. The van der Waals surface area contributed by atoms with Crippen molar-refractivity contribution in [3.05, 3.63) is 28.8 Å². The van der Waals surface area contributed by atoms with Crippen molar-refractivity contribution < 1.29 is 4.74 Å². The molecule has 0 saturated carbocycles. The lowest BCUT2D eigenvalue weighted by molar-refractivity contribution is 0.0389. The molecule has 0 aromatic heterocycles. The lowest BCUT2D eigenvalue weighted by atomic mass is 10.1. The zero-order valence-electron chi connectivity index (χ0n) is 12.6. The monoisotopic (exact) mass is 309 g/mol. The molecule has 2 fully saturated rings. The van der Waals surface area contributed by atoms with Crippen LogP contribution in [0.25, 0.3) is 0 Å². The molecule has 2 aliphatic heterocycles. The molecule has 0 unspecified atom stereocenters. The van der Waals surface area contributed by atoms with Gasteiger partial charge in [0.2, 0.25) is 0 Å². The highest BCUT2D eigenvalue weighted by Gasteiger charge is 2.25. The van der Waals surface area contributed by atoms with E-state index < -0.39 is 0 Å². The fourth-order valence-electron chi connectivity index (χ4n) is 2.91. The summed E-state index contributed by atoms with van der Waals surface area (Å²) in [6.07, 6.45) is 1.34. The van der Waals surface area contributed by atoms with Gasteiger partial charge in [0.25, 0.3) is 0 Å². The smallest absolute Gasteiger partial charge is 0.138 e. The number of ether oxygens (including phenoxy) is 1. The summed E-state index contributed by atoms with van der Waals surface area (Å²) in [5.41, 5.74) is 1.29. The van der Waals surface area contributed by atoms with Gasteiger partial charge >= 0.3 is 0 Å². The Hall–Kier alpha value is -0.810. The van der Waals surface area contributed by atoms with E-state index in [0.29, 0.717) is 6.10 Å². The van der Waals surface area contributed by atoms with Gasteiger partial charge in [0, 0.05) is 45.8 Å². The molecule has 21 heavy (non-hydrogen) atoms. The van der Waals surface area contributed by atoms with Crippen molar-refractivity contribution in [1.29, 1.82) is 0 Å². The maximum Gasteiger partial charge on any atom is 0.138 e. The molecule has 0 atom stereocenters. The zero-order chi connectivity index (χ0) is 14.7. The van der Waals surface area contributed by atoms with Crippen LogP contribution in [0.5, 0.6) is 5.75 Å². The van der Waals surface area contributed by atoms with Crippen molar-refractivity contribution in [2.75, 3.05) is 52.9 Å². The van der Waals surface area contributed by atoms with E-state index in [0.717, 1.165) is 63.0 Å². The maximum atomic E-state index is 6.35. The van der Waals surface area contributed by atoms with E-state index in [1.807, 2.05) is 6.07 Å². The molecule has 5 heteroatoms. The van der Waals surface area contributed by atoms with Gasteiger partial charge < -0.3 is 15.0 Å². The van der Waals surface area contributed by atoms with Gasteiger partial charge in [-0.25, -0.2) is 0 Å². The number of hydrogen-bond donors (Lipinski definition) is 1. The van der Waals surface area contributed by atoms with E-state index >= 15 is 0 Å². The van der Waals surface area contributed by atoms with Crippen LogP contribution < -0.4 is 10.1 Å². The van der Waals surface area contributed by atoms with Crippen molar-refractivity contribution in [2.24, 2.45) is 0 Å². The number of hydrogen-bond acceptors (Lipinski definition) is 4. The third kappa shape index (κ3) is 4.10. The molecule has 116 valence electrons. The third-order valence-electron chi connectivity index (χ3n) is 4.25. The number of piperazine rings is 1. The van der Waals surface area contributed by atoms with Crippen molar-refractivity contribution in [1.82, 2.24) is 15.1 Å². The first-order valence-corrected chi connectivity index (χ1v) is 8.15. The second kappa shape index (κ2) is 6.97. The van der Waals surface area contributed by atoms with E-state index in [2.05, 4.69) is 34.3 Å². The largest absolute Gasteiger partial charge is 0.486 e. The molecule has 2 saturated heterocycles. The van der Waals surface area contributed by atoms with Crippen LogP contribution in [-0.4, -0.2) is 68.8 Å². The van der Waals surface area contributed by atoms with Gasteiger partial charge in [0.05, 0.1) is 5.02 Å². The minimum Gasteiger partial charge on any atom is -0.486 e. The van der Waals surface area contributed by atoms with Crippen LogP contribution in [0.4, 0.5) is 0 Å². The number of likely N-dealkylation sites (N-methyl/N-ethyl adjacent to an activating group) is 1. The Morgan fingerprint density at radius 1 is 1.29 bits per heavy atom. The van der Waals surface area contributed by atoms with Crippen molar-refractivity contribution in [3.8, 4) is 5.75 Å². The molecule has 1 N–H and O–H groups in total. The quantitative estimate of drug-likeness (QED) is 0.892. The Morgan fingerprint density at radius 2 is 2.05 bits per heavy atom. The summed E-state index contributed by atoms with van der Waals surface area (Å²) in [6, 6.07) is 6.22. The average molecular weight is 310 g/mol. The number of likely N-dealkylation sites (tertiary alicyclic amines) is 1. The van der Waals surface area contributed by atoms with E-state index in [1.165, 1.54) is 5.56 Å². The van der Waals surface area contributed by atoms with Crippen LogP contribution in [0, 0.1) is 0 Å². The number of nitrogens with one attached hydrogen (secondary N) is 1. The van der Waals surface area contributed by atoms with Gasteiger partial charge in [0.1, 0.15) is 11.9 Å². The van der Waals surface area contributed by atoms with E-state index in [9.17, 15) is 0 Å². The Labute approximate surface area is 132 Å². The summed E-state index contributed by atoms with van der Waals surface area (Å²) in [6.45, 7) is 7.56. The number of halogens is 1. The molecule has 1 aromatic carbocycles. The normalized spacial score (nSPS) is 21.2. The first-order chi connectivity index (χ1) is 10.2. The second-order valence-corrected chi connectivity index (χ2v) is 6.47. The molecule has 2 aliphatic rings. The molecule has 0 aliphatic carbocycles. The van der Waals surface area contributed by atoms with Crippen molar-refractivity contribution >= 4 is 11.6 Å². The molecular formula is C16H24ClN3O. The van der Waals surface area contributed by atoms with Crippen LogP contribution >= 0.6 is 11.6 Å². The summed E-state index contributed by atoms with van der Waals surface area (Å²) < 4.78 is 5.91. The zero-order valence-corrected chi connectivity index (χ0v) is 13.4. The van der Waals surface area contributed by atoms with E-state index in [1.54, 1.807) is 0 Å². The van der Waals surface area contributed by atoms with E-state index in [-0.39, 0.29) is 0 Å². The molecule has 0 radical (unpaired) electrons. The fourth-order valence-corrected chi connectivity index (χ4v) is 3.16. The molecule has 0 spiro atoms. The average Bonchev–Trinajstić information content (AvgIpc) is 2.47. The van der Waals surface area contributed by atoms with Crippen LogP contribution in [0.1, 0.15) is 5.56 Å². The van der Waals surface area contributed by atoms with Gasteiger partial charge in [-0.2, -0.15) is 0 Å². The molecular weight excluding hydrogens is 286 g/mol. The van der Waals surface area contributed by atoms with E-state index in [4.69, 9.17) is 16.3 Å². The summed E-state index contributed by atoms with van der Waals surface area (Å²) in [7, 11) is 2.10. The topological polar surface area (TPSA) is 27.7 Å². The summed E-state index contributed by atoms with van der Waals surface area (Å²) in [5, 5.41) is 4.12. The number of benzene rings is 1. The predicted octanol–water partition coefficient (Wildman–Crippen LogP) is 1.48. The summed E-state index contributed by atoms with van der Waals surface area (Å²) in [5.74, 6) is 0.820. The van der Waals surface area contributed by atoms with Gasteiger partial charge in [-0.05, 0) is 31.2 Å². The molecule has 2 heterocycles. The fraction of sp³-hybridized carbons (Fsp3) is 0.625. The lowest BCUT2D eigenvalue weighted by Gasteiger charge is -2.36. The lowest BCUT2D eigenvalue weighted by Crippen LogP contribution is -2.51. The first-order valence-electron chi connectivity index (χ1n) is 7.77. The number of nitrogens with zero attached hydrogens (tertiary/aromatic N) is 2. The molecule has 0 amide bonds. The van der Waals surface area contributed by atoms with Gasteiger partial charge in [-0.1, -0.05) is 17.7 Å². The molecule has 4 nitrogen and oxygen atoms in total. The highest BCUT2D eigenvalue weighted by Crippen LogP contribution is 2.28. The maximum absolute atomic E-state index is 6.35. The van der Waals surface area contributed by atoms with Crippen molar-refractivity contribution in [3.63, 3.8) is 0 Å². The second-order valence-electron chi connectivity index (χ2n) is 6.07. The van der Waals surface area contributed by atoms with Crippen LogP contribution in [0.15, 0.2) is 18.2 Å². The third-order valence-corrected chi connectivity index (χ3v) is 4.54. The highest BCUT2D eigenvalue weighted by molar-refractivity contribution is 6.32. The van der Waals surface area contributed by atoms with Crippen LogP contribution in [0.3, 0.4) is 0 Å². The Morgan fingerprint density at radius 3 is 2.71 bits per heavy atom. The first kappa shape index (κ1) is 15.1. The Balaban J connectivity index is 1.51. The van der Waals surface area contributed by atoms with Gasteiger partial charge in [-0.15, -0.1) is 0 Å². The molecule has 0 bridgehead atoms. The standard InChI is InChI=1S/C16H24ClN3O/c1-19-11-14(12-19)21-16-3-2-13(10-15(16)17)4-7-20-8-5-18-6-9-20/h2-3,10,14,18H,4-9,11-12H2,1H3. The van der Waals surface area contributed by atoms with Crippen LogP contribution in [0.2, 0.25) is 5.02 Å². The minimum atomic E-state index is 0.291. The molecule has 3 rings (SSSR count).